The van der Waals surface area contributed by atoms with Crippen LogP contribution in [0.25, 0.3) is 0 Å². The Kier molecular flexibility index (Phi) is 6.57. The lowest BCUT2D eigenvalue weighted by atomic mass is 9.44. The molecule has 9 nitrogen and oxygen atoms in total. The first-order valence-electron chi connectivity index (χ1n) is 15.6. The van der Waals surface area contributed by atoms with Crippen LogP contribution in [0.15, 0.2) is 24.3 Å². The van der Waals surface area contributed by atoms with Crippen molar-refractivity contribution in [2.75, 3.05) is 34.4 Å². The van der Waals surface area contributed by atoms with E-state index in [2.05, 4.69) is 11.8 Å². The number of rotatable bonds is 8. The number of likely N-dealkylation sites (tertiary alicyclic amines) is 1. The maximum absolute atomic E-state index is 14.1. The van der Waals surface area contributed by atoms with Gasteiger partial charge in [0.05, 0.1) is 23.9 Å². The summed E-state index contributed by atoms with van der Waals surface area (Å²) in [6.07, 6.45) is 2.17. The lowest BCUT2D eigenvalue weighted by Crippen LogP contribution is -2.83. The number of piperidine rings is 1. The van der Waals surface area contributed by atoms with E-state index in [9.17, 15) is 19.8 Å². The second-order valence-electron chi connectivity index (χ2n) is 14.0. The van der Waals surface area contributed by atoms with Gasteiger partial charge in [-0.05, 0) is 50.8 Å². The third kappa shape index (κ3) is 3.25. The van der Waals surface area contributed by atoms with Gasteiger partial charge in [-0.3, -0.25) is 9.69 Å². The number of methoxy groups -OCH3 is 3. The third-order valence-electron chi connectivity index (χ3n) is 12.9. The van der Waals surface area contributed by atoms with E-state index in [1.807, 2.05) is 12.1 Å². The van der Waals surface area contributed by atoms with Gasteiger partial charge in [-0.1, -0.05) is 25.1 Å². The van der Waals surface area contributed by atoms with Gasteiger partial charge in [0.2, 0.25) is 0 Å². The van der Waals surface area contributed by atoms with Gasteiger partial charge in [0.1, 0.15) is 22.6 Å². The van der Waals surface area contributed by atoms with Crippen molar-refractivity contribution >= 4 is 11.8 Å². The summed E-state index contributed by atoms with van der Waals surface area (Å²) >= 11 is 0. The first kappa shape index (κ1) is 28.9. The minimum atomic E-state index is -1.47. The molecule has 0 amide bonds. The number of hydrogen-bond acceptors (Lipinski definition) is 9. The average molecular weight is 584 g/mol. The number of ether oxygens (including phenoxy) is 4. The Labute approximate surface area is 247 Å². The molecule has 6 aliphatic rings. The fraction of sp³-hybridized carbons (Fsp3) is 0.758. The zero-order valence-electron chi connectivity index (χ0n) is 25.4. The third-order valence-corrected chi connectivity index (χ3v) is 12.9. The lowest BCUT2D eigenvalue weighted by molar-refractivity contribution is -0.337. The van der Waals surface area contributed by atoms with Gasteiger partial charge in [-0.2, -0.15) is 0 Å². The van der Waals surface area contributed by atoms with Crippen LogP contribution >= 0.6 is 0 Å². The number of esters is 1. The van der Waals surface area contributed by atoms with Crippen LogP contribution in [0.4, 0.5) is 0 Å². The predicted octanol–water partition coefficient (Wildman–Crippen LogP) is 2.39. The molecule has 0 aromatic heterocycles. The van der Waals surface area contributed by atoms with Crippen LogP contribution in [-0.4, -0.2) is 102 Å². The Balaban J connectivity index is 1.38. The van der Waals surface area contributed by atoms with Gasteiger partial charge in [-0.15, -0.1) is 0 Å². The molecular weight excluding hydrogens is 538 g/mol. The quantitative estimate of drug-likeness (QED) is 0.445. The number of likely N-dealkylation sites (N-methyl/N-ethyl adjacent to an activating group) is 1. The van der Waals surface area contributed by atoms with E-state index < -0.39 is 34.3 Å². The summed E-state index contributed by atoms with van der Waals surface area (Å²) in [5.41, 5.74) is -3.15. The zero-order chi connectivity index (χ0) is 29.8. The molecule has 6 fully saturated rings. The maximum Gasteiger partial charge on any atom is 0.339 e. The van der Waals surface area contributed by atoms with E-state index in [1.165, 1.54) is 6.92 Å². The fourth-order valence-corrected chi connectivity index (χ4v) is 11.8. The molecule has 1 spiro atoms. The molecule has 12 atom stereocenters. The van der Waals surface area contributed by atoms with Gasteiger partial charge in [0.25, 0.3) is 0 Å². The molecule has 1 aromatic carbocycles. The number of carbonyl (C=O) groups is 2. The monoisotopic (exact) mass is 583 g/mol. The Morgan fingerprint density at radius 1 is 1.05 bits per heavy atom. The first-order chi connectivity index (χ1) is 20.1. The number of benzene rings is 1. The number of nitrogens with zero attached hydrogens (tertiary/aromatic N) is 1. The normalized spacial score (nSPS) is 48.3. The molecule has 1 aromatic rings. The van der Waals surface area contributed by atoms with Gasteiger partial charge in [-0.25, -0.2) is 4.79 Å². The molecule has 1 aliphatic heterocycles. The minimum absolute atomic E-state index is 0.0129. The highest BCUT2D eigenvalue weighted by atomic mass is 16.6. The first-order valence-corrected chi connectivity index (χ1v) is 15.6. The van der Waals surface area contributed by atoms with Crippen LogP contribution in [0.5, 0.6) is 0 Å². The molecule has 1 saturated heterocycles. The van der Waals surface area contributed by atoms with E-state index in [-0.39, 0.29) is 54.1 Å². The number of Topliss-reactive ketones (excluding diaryl/α,β-unsaturated/α-hetero) is 1. The van der Waals surface area contributed by atoms with Gasteiger partial charge in [0, 0.05) is 75.8 Å². The fourth-order valence-electron chi connectivity index (χ4n) is 11.8. The summed E-state index contributed by atoms with van der Waals surface area (Å²) in [4.78, 5) is 28.5. The maximum atomic E-state index is 14.1. The second-order valence-corrected chi connectivity index (χ2v) is 14.0. The van der Waals surface area contributed by atoms with Crippen LogP contribution < -0.4 is 0 Å². The predicted molar refractivity (Wildman–Crippen MR) is 152 cm³/mol. The molecule has 9 heteroatoms. The Morgan fingerprint density at radius 3 is 2.48 bits per heavy atom. The van der Waals surface area contributed by atoms with E-state index in [1.54, 1.807) is 33.5 Å². The van der Waals surface area contributed by atoms with Crippen LogP contribution in [0.1, 0.15) is 61.9 Å². The van der Waals surface area contributed by atoms with Crippen LogP contribution in [-0.2, 0) is 30.2 Å². The molecule has 2 N–H and O–H groups in total. The number of fused-ring (bicyclic) bond motifs is 2. The highest BCUT2D eigenvalue weighted by Gasteiger charge is 2.89. The number of ketones is 1. The second kappa shape index (κ2) is 9.56. The number of aliphatic hydroxyl groups is 2. The number of carbonyl (C=O) groups excluding carboxylic acids is 2. The summed E-state index contributed by atoms with van der Waals surface area (Å²) in [5.74, 6) is -1.17. The zero-order valence-corrected chi connectivity index (χ0v) is 25.4. The Hall–Kier alpha value is -1.88. The van der Waals surface area contributed by atoms with Gasteiger partial charge < -0.3 is 29.2 Å². The van der Waals surface area contributed by atoms with Crippen LogP contribution in [0.3, 0.4) is 0 Å². The molecule has 3 unspecified atom stereocenters. The van der Waals surface area contributed by atoms with Crippen molar-refractivity contribution in [3.8, 4) is 0 Å². The van der Waals surface area contributed by atoms with E-state index >= 15 is 0 Å². The summed E-state index contributed by atoms with van der Waals surface area (Å²) < 4.78 is 25.1. The van der Waals surface area contributed by atoms with Crippen molar-refractivity contribution in [1.82, 2.24) is 4.90 Å². The number of hydrogen-bond donors (Lipinski definition) is 2. The van der Waals surface area contributed by atoms with Crippen LogP contribution in [0.2, 0.25) is 0 Å². The molecule has 5 aliphatic carbocycles. The van der Waals surface area contributed by atoms with Crippen molar-refractivity contribution in [2.45, 2.75) is 93.5 Å². The van der Waals surface area contributed by atoms with E-state index in [4.69, 9.17) is 18.9 Å². The molecule has 7 bridgehead atoms. The Morgan fingerprint density at radius 2 is 1.81 bits per heavy atom. The molecular formula is C33H45NO8. The topological polar surface area (TPSA) is 115 Å². The average Bonchev–Trinajstić information content (AvgIpc) is 3.39. The summed E-state index contributed by atoms with van der Waals surface area (Å²) in [5, 5.41) is 25.7. The lowest BCUT2D eigenvalue weighted by Gasteiger charge is -2.70. The molecule has 42 heavy (non-hydrogen) atoms. The van der Waals surface area contributed by atoms with Gasteiger partial charge in [0.15, 0.2) is 0 Å². The summed E-state index contributed by atoms with van der Waals surface area (Å²) in [6, 6.07) is 7.18. The standard InChI is InChI=1S/C33H45NO8/c1-6-34-17-30(42-29(36)20-10-8-7-9-19(20)13-18(2)35)12-11-26(40-4)32-24(30)15-22(27(32)34)31(37)16-23(39-3)21-14-25(32)33(31,38)28(21)41-5/h7-10,21-28,37-38H,6,11-17H2,1-5H3/t21-,22?,23+,24-,25+,26+,27?,28+,30-,31+,32?,33+/m1/s1. The van der Waals surface area contributed by atoms with Crippen molar-refractivity contribution < 1.29 is 38.7 Å². The molecule has 230 valence electrons. The molecule has 1 heterocycles. The largest absolute Gasteiger partial charge is 0.454 e. The summed E-state index contributed by atoms with van der Waals surface area (Å²) in [7, 11) is 5.07. The molecule has 5 saturated carbocycles. The SMILES string of the molecule is CCN1C[C@]2(OC(=O)c3ccccc3CC(C)=O)CC[C@H](OC)C34C1C(C[C@@H]32)[C@@]1(O)C[C@H](OC)[C@H]2C[C@@H]4[C@]1(O)[C@H]2OC. The highest BCUT2D eigenvalue weighted by molar-refractivity contribution is 5.93. The smallest absolute Gasteiger partial charge is 0.339 e. The summed E-state index contributed by atoms with van der Waals surface area (Å²) in [6.45, 7) is 4.94. The highest BCUT2D eigenvalue weighted by Crippen LogP contribution is 2.79. The van der Waals surface area contributed by atoms with Crippen LogP contribution in [0, 0.1) is 29.1 Å². The van der Waals surface area contributed by atoms with E-state index in [0.29, 0.717) is 49.8 Å². The molecule has 7 rings (SSSR count). The Bertz CT molecular complexity index is 1290. The van der Waals surface area contributed by atoms with E-state index in [0.717, 1.165) is 6.54 Å². The van der Waals surface area contributed by atoms with Crippen molar-refractivity contribution in [2.24, 2.45) is 29.1 Å². The minimum Gasteiger partial charge on any atom is -0.454 e. The molecule has 0 radical (unpaired) electrons. The van der Waals surface area contributed by atoms with Crippen molar-refractivity contribution in [3.05, 3.63) is 35.4 Å². The van der Waals surface area contributed by atoms with Gasteiger partial charge >= 0.3 is 5.97 Å². The van der Waals surface area contributed by atoms with Crippen molar-refractivity contribution in [3.63, 3.8) is 0 Å². The van der Waals surface area contributed by atoms with Crippen molar-refractivity contribution in [1.29, 1.82) is 0 Å².